The third-order valence-corrected chi connectivity index (χ3v) is 3.75. The molecule has 0 saturated carbocycles. The van der Waals surface area contributed by atoms with Gasteiger partial charge in [0.2, 0.25) is 0 Å². The van der Waals surface area contributed by atoms with E-state index in [1.165, 1.54) is 12.8 Å². The van der Waals surface area contributed by atoms with Gasteiger partial charge < -0.3 is 9.47 Å². The van der Waals surface area contributed by atoms with Crippen molar-refractivity contribution >= 4 is 21.9 Å². The Kier molecular flexibility index (Phi) is 5.86. The first-order chi connectivity index (χ1) is 9.63. The second-order valence-corrected chi connectivity index (χ2v) is 5.97. The van der Waals surface area contributed by atoms with E-state index in [-0.39, 0.29) is 18.7 Å². The average molecular weight is 342 g/mol. The van der Waals surface area contributed by atoms with Crippen LogP contribution in [-0.4, -0.2) is 43.2 Å². The Balaban J connectivity index is 1.67. The van der Waals surface area contributed by atoms with Crippen molar-refractivity contribution in [2.24, 2.45) is 0 Å². The smallest absolute Gasteiger partial charge is 0.344 e. The highest BCUT2D eigenvalue weighted by Gasteiger charge is 2.17. The molecule has 0 N–H and O–H groups in total. The highest BCUT2D eigenvalue weighted by atomic mass is 79.9. The summed E-state index contributed by atoms with van der Waals surface area (Å²) < 4.78 is 11.7. The first-order valence-electron chi connectivity index (χ1n) is 6.93. The molecule has 4 nitrogen and oxygen atoms in total. The summed E-state index contributed by atoms with van der Waals surface area (Å²) in [6, 6.07) is 7.36. The van der Waals surface area contributed by atoms with Crippen molar-refractivity contribution in [1.82, 2.24) is 4.90 Å². The van der Waals surface area contributed by atoms with E-state index in [2.05, 4.69) is 20.8 Å². The number of carbonyl (C=O) groups is 1. The molecule has 0 aromatic heterocycles. The summed E-state index contributed by atoms with van der Waals surface area (Å²) in [5.41, 5.74) is 0. The molecule has 1 aliphatic heterocycles. The standard InChI is InChI=1S/C15H20BrNO3/c1-12(10-17-8-2-3-9-17)20-15(18)11-19-14-6-4-13(16)5-7-14/h4-7,12H,2-3,8-11H2,1H3/t12-/m0/s1. The van der Waals surface area contributed by atoms with E-state index in [0.29, 0.717) is 5.75 Å². The van der Waals surface area contributed by atoms with Crippen LogP contribution in [0.5, 0.6) is 5.75 Å². The van der Waals surface area contributed by atoms with Crippen molar-refractivity contribution in [2.45, 2.75) is 25.9 Å². The molecular formula is C15H20BrNO3. The van der Waals surface area contributed by atoms with E-state index in [9.17, 15) is 4.79 Å². The number of carbonyl (C=O) groups excluding carboxylic acids is 1. The van der Waals surface area contributed by atoms with Crippen LogP contribution in [0.1, 0.15) is 19.8 Å². The zero-order chi connectivity index (χ0) is 14.4. The molecule has 1 aliphatic rings. The number of nitrogens with zero attached hydrogens (tertiary/aromatic N) is 1. The molecule has 1 atom stereocenters. The van der Waals surface area contributed by atoms with E-state index in [1.54, 1.807) is 0 Å². The molecule has 0 radical (unpaired) electrons. The van der Waals surface area contributed by atoms with Gasteiger partial charge in [-0.2, -0.15) is 0 Å². The molecule has 1 aromatic carbocycles. The fourth-order valence-corrected chi connectivity index (χ4v) is 2.56. The van der Waals surface area contributed by atoms with Gasteiger partial charge in [-0.3, -0.25) is 4.90 Å². The number of ether oxygens (including phenoxy) is 2. The van der Waals surface area contributed by atoms with Crippen molar-refractivity contribution in [3.05, 3.63) is 28.7 Å². The zero-order valence-corrected chi connectivity index (χ0v) is 13.3. The summed E-state index contributed by atoms with van der Waals surface area (Å²) in [6.07, 6.45) is 2.40. The van der Waals surface area contributed by atoms with E-state index in [4.69, 9.17) is 9.47 Å². The average Bonchev–Trinajstić information content (AvgIpc) is 2.90. The maximum atomic E-state index is 11.7. The van der Waals surface area contributed by atoms with Crippen LogP contribution in [0.25, 0.3) is 0 Å². The molecule has 0 unspecified atom stereocenters. The monoisotopic (exact) mass is 341 g/mol. The SMILES string of the molecule is C[C@@H](CN1CCCC1)OC(=O)COc1ccc(Br)cc1. The molecule has 5 heteroatoms. The topological polar surface area (TPSA) is 38.8 Å². The lowest BCUT2D eigenvalue weighted by Gasteiger charge is -2.20. The maximum absolute atomic E-state index is 11.7. The van der Waals surface area contributed by atoms with Crippen LogP contribution in [0.15, 0.2) is 28.7 Å². The molecule has 0 amide bonds. The van der Waals surface area contributed by atoms with Crippen LogP contribution in [0.4, 0.5) is 0 Å². The van der Waals surface area contributed by atoms with Gasteiger partial charge in [0, 0.05) is 11.0 Å². The van der Waals surface area contributed by atoms with Gasteiger partial charge in [0.15, 0.2) is 6.61 Å². The van der Waals surface area contributed by atoms with Gasteiger partial charge in [-0.25, -0.2) is 4.79 Å². The molecule has 0 spiro atoms. The lowest BCUT2D eigenvalue weighted by Crippen LogP contribution is -2.32. The van der Waals surface area contributed by atoms with Gasteiger partial charge in [0.1, 0.15) is 11.9 Å². The number of rotatable bonds is 6. The second kappa shape index (κ2) is 7.64. The quantitative estimate of drug-likeness (QED) is 0.746. The van der Waals surface area contributed by atoms with E-state index in [1.807, 2.05) is 31.2 Å². The minimum atomic E-state index is -0.320. The molecule has 110 valence electrons. The number of hydrogen-bond acceptors (Lipinski definition) is 4. The Morgan fingerprint density at radius 1 is 1.30 bits per heavy atom. The third kappa shape index (κ3) is 5.13. The lowest BCUT2D eigenvalue weighted by atomic mass is 10.3. The molecule has 1 heterocycles. The molecule has 0 aliphatic carbocycles. The number of halogens is 1. The van der Waals surface area contributed by atoms with Crippen LogP contribution in [0.3, 0.4) is 0 Å². The number of esters is 1. The van der Waals surface area contributed by atoms with Crippen LogP contribution < -0.4 is 4.74 Å². The fourth-order valence-electron chi connectivity index (χ4n) is 2.30. The summed E-state index contributed by atoms with van der Waals surface area (Å²) in [5, 5.41) is 0. The van der Waals surface area contributed by atoms with E-state index in [0.717, 1.165) is 24.1 Å². The summed E-state index contributed by atoms with van der Waals surface area (Å²) >= 11 is 3.35. The van der Waals surface area contributed by atoms with Gasteiger partial charge in [0.25, 0.3) is 0 Å². The van der Waals surface area contributed by atoms with Crippen molar-refractivity contribution in [1.29, 1.82) is 0 Å². The minimum absolute atomic E-state index is 0.0496. The van der Waals surface area contributed by atoms with Gasteiger partial charge in [-0.1, -0.05) is 15.9 Å². The minimum Gasteiger partial charge on any atom is -0.482 e. The molecule has 1 saturated heterocycles. The third-order valence-electron chi connectivity index (χ3n) is 3.22. The van der Waals surface area contributed by atoms with Crippen molar-refractivity contribution < 1.29 is 14.3 Å². The van der Waals surface area contributed by atoms with Crippen molar-refractivity contribution in [3.63, 3.8) is 0 Å². The first-order valence-corrected chi connectivity index (χ1v) is 7.73. The Morgan fingerprint density at radius 2 is 1.95 bits per heavy atom. The van der Waals surface area contributed by atoms with Crippen molar-refractivity contribution in [3.8, 4) is 5.75 Å². The molecule has 1 fully saturated rings. The summed E-state index contributed by atoms with van der Waals surface area (Å²) in [4.78, 5) is 14.0. The van der Waals surface area contributed by atoms with Crippen LogP contribution in [-0.2, 0) is 9.53 Å². The number of benzene rings is 1. The van der Waals surface area contributed by atoms with Crippen LogP contribution in [0.2, 0.25) is 0 Å². The normalized spacial score (nSPS) is 16.9. The molecule has 0 bridgehead atoms. The van der Waals surface area contributed by atoms with Crippen molar-refractivity contribution in [2.75, 3.05) is 26.2 Å². The number of likely N-dealkylation sites (tertiary alicyclic amines) is 1. The molecule has 2 rings (SSSR count). The Hall–Kier alpha value is -1.07. The lowest BCUT2D eigenvalue weighted by molar-refractivity contribution is -0.151. The van der Waals surface area contributed by atoms with Gasteiger partial charge in [-0.05, 0) is 57.1 Å². The van der Waals surface area contributed by atoms with Crippen LogP contribution in [0, 0.1) is 0 Å². The highest BCUT2D eigenvalue weighted by molar-refractivity contribution is 9.10. The summed E-state index contributed by atoms with van der Waals surface area (Å²) in [6.45, 7) is 4.90. The Morgan fingerprint density at radius 3 is 2.60 bits per heavy atom. The first kappa shape index (κ1) is 15.3. The summed E-state index contributed by atoms with van der Waals surface area (Å²) in [7, 11) is 0. The second-order valence-electron chi connectivity index (χ2n) is 5.05. The Bertz CT molecular complexity index is 429. The number of hydrogen-bond donors (Lipinski definition) is 0. The fraction of sp³-hybridized carbons (Fsp3) is 0.533. The predicted molar refractivity (Wildman–Crippen MR) is 80.9 cm³/mol. The maximum Gasteiger partial charge on any atom is 0.344 e. The highest BCUT2D eigenvalue weighted by Crippen LogP contribution is 2.16. The van der Waals surface area contributed by atoms with Gasteiger partial charge >= 0.3 is 5.97 Å². The zero-order valence-electron chi connectivity index (χ0n) is 11.7. The molecule has 1 aromatic rings. The largest absolute Gasteiger partial charge is 0.482 e. The van der Waals surface area contributed by atoms with Crippen LogP contribution >= 0.6 is 15.9 Å². The predicted octanol–water partition coefficient (Wildman–Crippen LogP) is 2.86. The van der Waals surface area contributed by atoms with E-state index < -0.39 is 0 Å². The molecular weight excluding hydrogens is 322 g/mol. The van der Waals surface area contributed by atoms with Gasteiger partial charge in [0.05, 0.1) is 0 Å². The Labute approximate surface area is 128 Å². The summed E-state index contributed by atoms with van der Waals surface area (Å²) in [5.74, 6) is 0.344. The van der Waals surface area contributed by atoms with Gasteiger partial charge in [-0.15, -0.1) is 0 Å². The molecule has 20 heavy (non-hydrogen) atoms. The van der Waals surface area contributed by atoms with E-state index >= 15 is 0 Å².